The lowest BCUT2D eigenvalue weighted by Gasteiger charge is -2.17. The molecule has 8 heteroatoms. The highest BCUT2D eigenvalue weighted by Gasteiger charge is 2.21. The summed E-state index contributed by atoms with van der Waals surface area (Å²) >= 11 is 0. The van der Waals surface area contributed by atoms with Crippen LogP contribution in [0.15, 0.2) is 73.1 Å². The number of carbonyl (C=O) groups is 1. The largest absolute Gasteiger partial charge is 0.353 e. The minimum absolute atomic E-state index is 0.0893. The molecule has 0 fully saturated rings. The number of hydrogen-bond acceptors (Lipinski definition) is 4. The van der Waals surface area contributed by atoms with Crippen molar-refractivity contribution in [3.63, 3.8) is 0 Å². The van der Waals surface area contributed by atoms with Crippen LogP contribution in [0.4, 0.5) is 10.1 Å². The maximum absolute atomic E-state index is 14.2. The first-order valence-electron chi connectivity index (χ1n) is 12.7. The lowest BCUT2D eigenvalue weighted by Crippen LogP contribution is -2.27. The number of benzene rings is 2. The molecule has 4 heterocycles. The maximum atomic E-state index is 14.2. The van der Waals surface area contributed by atoms with Gasteiger partial charge >= 0.3 is 0 Å². The molecule has 7 nitrogen and oxygen atoms in total. The Hall–Kier alpha value is -4.85. The van der Waals surface area contributed by atoms with Gasteiger partial charge in [0.1, 0.15) is 17.0 Å². The van der Waals surface area contributed by atoms with Crippen LogP contribution in [0.3, 0.4) is 0 Å². The molecule has 194 valence electrons. The number of rotatable bonds is 4. The summed E-state index contributed by atoms with van der Waals surface area (Å²) in [6, 6.07) is 18.7. The molecular formula is C31H27FN6O. The standard InChI is InChI=1S/C31H27FN6O/c1-17-10-18(12-20(32)11-17)22-6-5-7-25-23(22)14-27(35-25)29-28-26(37-38-29)9-8-24(36-28)19-13-21(16-33-15-19)34-30(39)31(2,3)4/h5-16,35H,1-4H3,(H,34,39)(H,37,38). The van der Waals surface area contributed by atoms with E-state index < -0.39 is 5.41 Å². The molecule has 0 aliphatic carbocycles. The quantitative estimate of drug-likeness (QED) is 0.229. The van der Waals surface area contributed by atoms with E-state index in [0.717, 1.165) is 44.4 Å². The third-order valence-corrected chi connectivity index (χ3v) is 6.65. The van der Waals surface area contributed by atoms with Crippen LogP contribution >= 0.6 is 0 Å². The van der Waals surface area contributed by atoms with Gasteiger partial charge in [-0.1, -0.05) is 39.0 Å². The number of aromatic amines is 2. The molecule has 6 aromatic rings. The molecule has 0 unspecified atom stereocenters. The fraction of sp³-hybridized carbons (Fsp3) is 0.161. The van der Waals surface area contributed by atoms with E-state index in [0.29, 0.717) is 22.6 Å². The predicted molar refractivity (Wildman–Crippen MR) is 153 cm³/mol. The van der Waals surface area contributed by atoms with E-state index >= 15 is 0 Å². The van der Waals surface area contributed by atoms with Gasteiger partial charge in [0.15, 0.2) is 0 Å². The zero-order valence-corrected chi connectivity index (χ0v) is 22.1. The van der Waals surface area contributed by atoms with Crippen LogP contribution in [-0.2, 0) is 4.79 Å². The minimum Gasteiger partial charge on any atom is -0.353 e. The van der Waals surface area contributed by atoms with Crippen molar-refractivity contribution in [3.05, 3.63) is 84.4 Å². The highest BCUT2D eigenvalue weighted by atomic mass is 19.1. The Bertz CT molecular complexity index is 1860. The van der Waals surface area contributed by atoms with E-state index in [1.807, 2.05) is 76.2 Å². The third kappa shape index (κ3) is 4.65. The van der Waals surface area contributed by atoms with E-state index in [9.17, 15) is 9.18 Å². The van der Waals surface area contributed by atoms with Gasteiger partial charge in [-0.05, 0) is 66.1 Å². The second-order valence-corrected chi connectivity index (χ2v) is 10.8. The molecule has 0 radical (unpaired) electrons. The summed E-state index contributed by atoms with van der Waals surface area (Å²) in [7, 11) is 0. The van der Waals surface area contributed by atoms with Crippen LogP contribution in [0.25, 0.3) is 55.7 Å². The number of fused-ring (bicyclic) bond motifs is 2. The molecule has 3 N–H and O–H groups in total. The number of aryl methyl sites for hydroxylation is 1. The molecule has 4 aromatic heterocycles. The molecule has 1 amide bonds. The topological polar surface area (TPSA) is 99.4 Å². The number of nitrogens with one attached hydrogen (secondary N) is 3. The SMILES string of the molecule is Cc1cc(F)cc(-c2cccc3[nH]c(-c4n[nH]c5ccc(-c6cncc(NC(=O)C(C)(C)C)c6)nc45)cc23)c1. The fourth-order valence-electron chi connectivity index (χ4n) is 4.64. The van der Waals surface area contributed by atoms with Gasteiger partial charge in [-0.2, -0.15) is 5.10 Å². The first-order valence-corrected chi connectivity index (χ1v) is 12.7. The smallest absolute Gasteiger partial charge is 0.229 e. The zero-order chi connectivity index (χ0) is 27.3. The highest BCUT2D eigenvalue weighted by Crippen LogP contribution is 2.35. The minimum atomic E-state index is -0.522. The number of pyridine rings is 2. The average Bonchev–Trinajstić information content (AvgIpc) is 3.51. The van der Waals surface area contributed by atoms with Crippen LogP contribution in [0.5, 0.6) is 0 Å². The van der Waals surface area contributed by atoms with Crippen molar-refractivity contribution in [2.75, 3.05) is 5.32 Å². The molecule has 2 aromatic carbocycles. The monoisotopic (exact) mass is 518 g/mol. The summed E-state index contributed by atoms with van der Waals surface area (Å²) in [5.41, 5.74) is 8.07. The fourth-order valence-corrected chi connectivity index (χ4v) is 4.64. The highest BCUT2D eigenvalue weighted by molar-refractivity contribution is 6.00. The van der Waals surface area contributed by atoms with Crippen LogP contribution in [-0.4, -0.2) is 31.1 Å². The molecule has 0 aliphatic rings. The van der Waals surface area contributed by atoms with E-state index in [2.05, 4.69) is 25.5 Å². The third-order valence-electron chi connectivity index (χ3n) is 6.65. The Morgan fingerprint density at radius 1 is 0.949 bits per heavy atom. The summed E-state index contributed by atoms with van der Waals surface area (Å²) in [6.45, 7) is 7.48. The molecule has 0 spiro atoms. The Kier molecular flexibility index (Phi) is 5.75. The van der Waals surface area contributed by atoms with Crippen molar-refractivity contribution in [2.45, 2.75) is 27.7 Å². The number of nitrogens with zero attached hydrogens (tertiary/aromatic N) is 3. The van der Waals surface area contributed by atoms with Crippen molar-refractivity contribution in [1.82, 2.24) is 25.1 Å². The van der Waals surface area contributed by atoms with E-state index in [4.69, 9.17) is 4.98 Å². The normalized spacial score (nSPS) is 11.8. The Labute approximate surface area is 224 Å². The average molecular weight is 519 g/mol. The summed E-state index contributed by atoms with van der Waals surface area (Å²) in [4.78, 5) is 25.1. The number of anilines is 1. The van der Waals surface area contributed by atoms with E-state index in [1.165, 1.54) is 6.07 Å². The Balaban J connectivity index is 1.41. The molecule has 0 atom stereocenters. The number of H-pyrrole nitrogens is 2. The summed E-state index contributed by atoms with van der Waals surface area (Å²) in [5.74, 6) is -0.349. The van der Waals surface area contributed by atoms with Gasteiger partial charge in [-0.25, -0.2) is 9.37 Å². The van der Waals surface area contributed by atoms with Gasteiger partial charge < -0.3 is 10.3 Å². The van der Waals surface area contributed by atoms with Crippen molar-refractivity contribution < 1.29 is 9.18 Å². The Morgan fingerprint density at radius 2 is 1.79 bits per heavy atom. The van der Waals surface area contributed by atoms with E-state index in [-0.39, 0.29) is 11.7 Å². The molecular weight excluding hydrogens is 491 g/mol. The molecule has 39 heavy (non-hydrogen) atoms. The number of amides is 1. The number of aromatic nitrogens is 5. The predicted octanol–water partition coefficient (Wildman–Crippen LogP) is 7.27. The molecule has 0 bridgehead atoms. The van der Waals surface area contributed by atoms with Gasteiger partial charge in [0.05, 0.1) is 28.8 Å². The van der Waals surface area contributed by atoms with Gasteiger partial charge in [0.25, 0.3) is 0 Å². The molecule has 0 saturated heterocycles. The number of carbonyl (C=O) groups excluding carboxylic acids is 1. The number of halogens is 1. The van der Waals surface area contributed by atoms with Crippen LogP contribution in [0.1, 0.15) is 26.3 Å². The lowest BCUT2D eigenvalue weighted by atomic mass is 9.95. The first kappa shape index (κ1) is 24.5. The zero-order valence-electron chi connectivity index (χ0n) is 22.1. The Morgan fingerprint density at radius 3 is 2.59 bits per heavy atom. The van der Waals surface area contributed by atoms with E-state index in [1.54, 1.807) is 18.5 Å². The van der Waals surface area contributed by atoms with Gasteiger partial charge in [-0.3, -0.25) is 14.9 Å². The molecule has 6 rings (SSSR count). The van der Waals surface area contributed by atoms with Crippen molar-refractivity contribution in [1.29, 1.82) is 0 Å². The van der Waals surface area contributed by atoms with Crippen LogP contribution < -0.4 is 5.32 Å². The van der Waals surface area contributed by atoms with Gasteiger partial charge in [-0.15, -0.1) is 0 Å². The summed E-state index contributed by atoms with van der Waals surface area (Å²) in [5, 5.41) is 11.5. The first-order chi connectivity index (χ1) is 18.7. The lowest BCUT2D eigenvalue weighted by molar-refractivity contribution is -0.123. The van der Waals surface area contributed by atoms with Gasteiger partial charge in [0, 0.05) is 28.1 Å². The van der Waals surface area contributed by atoms with Crippen LogP contribution in [0, 0.1) is 18.2 Å². The van der Waals surface area contributed by atoms with Crippen molar-refractivity contribution in [2.24, 2.45) is 5.41 Å². The van der Waals surface area contributed by atoms with Crippen molar-refractivity contribution >= 4 is 33.5 Å². The van der Waals surface area contributed by atoms with Gasteiger partial charge in [0.2, 0.25) is 5.91 Å². The molecule has 0 saturated carbocycles. The number of hydrogen-bond donors (Lipinski definition) is 3. The molecule has 0 aliphatic heterocycles. The summed E-state index contributed by atoms with van der Waals surface area (Å²) in [6.07, 6.45) is 3.34. The summed E-state index contributed by atoms with van der Waals surface area (Å²) < 4.78 is 14.2. The van der Waals surface area contributed by atoms with Crippen molar-refractivity contribution in [3.8, 4) is 33.8 Å². The second-order valence-electron chi connectivity index (χ2n) is 10.8. The maximum Gasteiger partial charge on any atom is 0.229 e. The second kappa shape index (κ2) is 9.16. The van der Waals surface area contributed by atoms with Crippen LogP contribution in [0.2, 0.25) is 0 Å².